The van der Waals surface area contributed by atoms with Gasteiger partial charge in [-0.15, -0.1) is 0 Å². The minimum atomic E-state index is -0.430. The van der Waals surface area contributed by atoms with Crippen molar-refractivity contribution < 1.29 is 14.2 Å². The van der Waals surface area contributed by atoms with Crippen molar-refractivity contribution >= 4 is 0 Å². The molecule has 1 aromatic heterocycles. The Bertz CT molecular complexity index is 742. The van der Waals surface area contributed by atoms with Gasteiger partial charge in [-0.3, -0.25) is 0 Å². The predicted octanol–water partition coefficient (Wildman–Crippen LogP) is 2.02. The monoisotopic (exact) mass is 282 g/mol. The third-order valence-corrected chi connectivity index (χ3v) is 2.58. The van der Waals surface area contributed by atoms with E-state index in [2.05, 4.69) is 16.8 Å². The Kier molecular flexibility index (Phi) is 4.87. The maximum Gasteiger partial charge on any atom is 0.140 e. The van der Waals surface area contributed by atoms with Crippen molar-refractivity contribution in [3.63, 3.8) is 0 Å². The lowest BCUT2D eigenvalue weighted by atomic mass is 10.2. The van der Waals surface area contributed by atoms with Crippen LogP contribution in [0.15, 0.2) is 36.5 Å². The lowest BCUT2D eigenvalue weighted by Crippen LogP contribution is -1.99. The lowest BCUT2D eigenvalue weighted by molar-refractivity contribution is 0.304. The minimum Gasteiger partial charge on any atom is -0.488 e. The summed E-state index contributed by atoms with van der Waals surface area (Å²) >= 11 is 0. The number of benzene rings is 1. The fourth-order valence-electron chi connectivity index (χ4n) is 1.65. The molecule has 0 radical (unpaired) electrons. The highest BCUT2D eigenvalue weighted by atomic mass is 19.1. The fraction of sp³-hybridized carbons (Fsp3) is 0.125. The molecule has 0 atom stereocenters. The number of aliphatic hydroxyl groups excluding tert-OH is 1. The van der Waals surface area contributed by atoms with Crippen LogP contribution in [0.4, 0.5) is 4.39 Å². The Labute approximate surface area is 121 Å². The summed E-state index contributed by atoms with van der Waals surface area (Å²) in [6.07, 6.45) is 1.52. The third-order valence-electron chi connectivity index (χ3n) is 2.58. The van der Waals surface area contributed by atoms with E-state index >= 15 is 0 Å². The average Bonchev–Trinajstić information content (AvgIpc) is 2.52. The summed E-state index contributed by atoms with van der Waals surface area (Å²) in [5.41, 5.74) is 1.43. The van der Waals surface area contributed by atoms with Crippen LogP contribution in [-0.2, 0) is 6.61 Å². The molecule has 0 spiro atoms. The SMILES string of the molecule is N#Cc1cc(COc2ccc(F)cc2C#CCO)ccn1. The van der Waals surface area contributed by atoms with Crippen LogP contribution >= 0.6 is 0 Å². The Morgan fingerprint density at radius 1 is 1.29 bits per heavy atom. The molecule has 104 valence electrons. The van der Waals surface area contributed by atoms with E-state index in [0.717, 1.165) is 5.56 Å². The second-order valence-electron chi connectivity index (χ2n) is 4.05. The molecule has 0 aliphatic rings. The van der Waals surface area contributed by atoms with Gasteiger partial charge in [0.15, 0.2) is 0 Å². The molecule has 1 heterocycles. The molecule has 21 heavy (non-hydrogen) atoms. The van der Waals surface area contributed by atoms with Gasteiger partial charge in [0.1, 0.15) is 36.5 Å². The van der Waals surface area contributed by atoms with Crippen LogP contribution in [-0.4, -0.2) is 16.7 Å². The van der Waals surface area contributed by atoms with E-state index in [4.69, 9.17) is 15.1 Å². The molecular formula is C16H11FN2O2. The van der Waals surface area contributed by atoms with E-state index in [-0.39, 0.29) is 13.2 Å². The zero-order chi connectivity index (χ0) is 15.1. The maximum atomic E-state index is 13.2. The van der Waals surface area contributed by atoms with E-state index in [0.29, 0.717) is 17.0 Å². The molecule has 5 heteroatoms. The number of pyridine rings is 1. The van der Waals surface area contributed by atoms with Gasteiger partial charge in [-0.25, -0.2) is 9.37 Å². The van der Waals surface area contributed by atoms with Crippen LogP contribution in [0.3, 0.4) is 0 Å². The van der Waals surface area contributed by atoms with E-state index in [9.17, 15) is 4.39 Å². The molecule has 0 saturated carbocycles. The van der Waals surface area contributed by atoms with Crippen molar-refractivity contribution in [1.82, 2.24) is 4.98 Å². The molecule has 0 bridgehead atoms. The summed E-state index contributed by atoms with van der Waals surface area (Å²) in [5, 5.41) is 17.5. The molecule has 0 amide bonds. The van der Waals surface area contributed by atoms with Gasteiger partial charge in [0.25, 0.3) is 0 Å². The predicted molar refractivity (Wildman–Crippen MR) is 73.6 cm³/mol. The van der Waals surface area contributed by atoms with Crippen LogP contribution < -0.4 is 4.74 Å². The van der Waals surface area contributed by atoms with Crippen LogP contribution in [0.5, 0.6) is 5.75 Å². The number of hydrogen-bond acceptors (Lipinski definition) is 4. The van der Waals surface area contributed by atoms with Crippen LogP contribution in [0, 0.1) is 29.0 Å². The van der Waals surface area contributed by atoms with E-state index in [1.807, 2.05) is 6.07 Å². The van der Waals surface area contributed by atoms with Crippen molar-refractivity contribution in [1.29, 1.82) is 5.26 Å². The van der Waals surface area contributed by atoms with Crippen LogP contribution in [0.25, 0.3) is 0 Å². The minimum absolute atomic E-state index is 0.205. The van der Waals surface area contributed by atoms with Gasteiger partial charge in [0, 0.05) is 6.20 Å². The average molecular weight is 282 g/mol. The molecule has 0 fully saturated rings. The number of aromatic nitrogens is 1. The van der Waals surface area contributed by atoms with Crippen LogP contribution in [0.1, 0.15) is 16.8 Å². The molecule has 2 rings (SSSR count). The van der Waals surface area contributed by atoms with E-state index in [1.165, 1.54) is 24.4 Å². The Hall–Kier alpha value is -2.89. The van der Waals surface area contributed by atoms with Crippen LogP contribution in [0.2, 0.25) is 0 Å². The first-order valence-corrected chi connectivity index (χ1v) is 6.10. The first-order chi connectivity index (χ1) is 10.2. The van der Waals surface area contributed by atoms with Crippen molar-refractivity contribution in [2.45, 2.75) is 6.61 Å². The van der Waals surface area contributed by atoms with Crippen molar-refractivity contribution in [3.05, 3.63) is 59.2 Å². The Balaban J connectivity index is 2.18. The zero-order valence-corrected chi connectivity index (χ0v) is 11.0. The molecule has 0 aliphatic carbocycles. The molecule has 0 unspecified atom stereocenters. The first kappa shape index (κ1) is 14.5. The fourth-order valence-corrected chi connectivity index (χ4v) is 1.65. The molecule has 2 aromatic rings. The van der Waals surface area contributed by atoms with Gasteiger partial charge in [0.05, 0.1) is 5.56 Å². The summed E-state index contributed by atoms with van der Waals surface area (Å²) in [7, 11) is 0. The van der Waals surface area contributed by atoms with Crippen molar-refractivity contribution in [2.75, 3.05) is 6.61 Å². The van der Waals surface area contributed by atoms with Gasteiger partial charge >= 0.3 is 0 Å². The Morgan fingerprint density at radius 2 is 2.14 bits per heavy atom. The number of rotatable bonds is 3. The number of nitrogens with zero attached hydrogens (tertiary/aromatic N) is 2. The topological polar surface area (TPSA) is 66.1 Å². The summed E-state index contributed by atoms with van der Waals surface area (Å²) in [4.78, 5) is 3.87. The van der Waals surface area contributed by atoms with E-state index in [1.54, 1.807) is 12.1 Å². The van der Waals surface area contributed by atoms with Gasteiger partial charge in [-0.05, 0) is 35.9 Å². The summed E-state index contributed by atoms with van der Waals surface area (Å²) in [6, 6.07) is 9.27. The van der Waals surface area contributed by atoms with Gasteiger partial charge in [-0.2, -0.15) is 5.26 Å². The molecule has 0 saturated heterocycles. The number of ether oxygens (including phenoxy) is 1. The molecule has 4 nitrogen and oxygen atoms in total. The zero-order valence-electron chi connectivity index (χ0n) is 11.0. The highest BCUT2D eigenvalue weighted by Crippen LogP contribution is 2.20. The number of hydrogen-bond donors (Lipinski definition) is 1. The third kappa shape index (κ3) is 4.04. The smallest absolute Gasteiger partial charge is 0.140 e. The van der Waals surface area contributed by atoms with Gasteiger partial charge in [0.2, 0.25) is 0 Å². The molecule has 1 aromatic carbocycles. The van der Waals surface area contributed by atoms with Gasteiger partial charge < -0.3 is 9.84 Å². The number of halogens is 1. The lowest BCUT2D eigenvalue weighted by Gasteiger charge is -2.08. The largest absolute Gasteiger partial charge is 0.488 e. The second kappa shape index (κ2) is 7.04. The molecular weight excluding hydrogens is 271 g/mol. The standard InChI is InChI=1S/C16H11FN2O2/c17-14-3-4-16(13(9-14)2-1-7-20)21-11-12-5-6-19-15(8-12)10-18/h3-6,8-9,20H,7,11H2. The van der Waals surface area contributed by atoms with Gasteiger partial charge in [-0.1, -0.05) is 11.8 Å². The normalized spacial score (nSPS) is 9.38. The first-order valence-electron chi connectivity index (χ1n) is 6.10. The number of aliphatic hydroxyl groups is 1. The molecule has 0 aliphatic heterocycles. The number of nitriles is 1. The summed E-state index contributed by atoms with van der Waals surface area (Å²) < 4.78 is 18.8. The van der Waals surface area contributed by atoms with Crippen molar-refractivity contribution in [3.8, 4) is 23.7 Å². The highest BCUT2D eigenvalue weighted by Gasteiger charge is 2.04. The highest BCUT2D eigenvalue weighted by molar-refractivity contribution is 5.46. The van der Waals surface area contributed by atoms with Crippen molar-refractivity contribution in [2.24, 2.45) is 0 Å². The summed E-state index contributed by atoms with van der Waals surface area (Å²) in [6.45, 7) is -0.109. The summed E-state index contributed by atoms with van der Waals surface area (Å²) in [5.74, 6) is 5.07. The Morgan fingerprint density at radius 3 is 2.90 bits per heavy atom. The second-order valence-corrected chi connectivity index (χ2v) is 4.05. The molecule has 1 N–H and O–H groups in total. The quantitative estimate of drug-likeness (QED) is 0.875. The van der Waals surface area contributed by atoms with E-state index < -0.39 is 5.82 Å². The maximum absolute atomic E-state index is 13.2.